The Morgan fingerprint density at radius 1 is 1.14 bits per heavy atom. The number of rotatable bonds is 6. The molecule has 1 amide bonds. The van der Waals surface area contributed by atoms with Crippen molar-refractivity contribution in [3.05, 3.63) is 53.6 Å². The third kappa shape index (κ3) is 3.94. The third-order valence-corrected chi connectivity index (χ3v) is 6.20. The van der Waals surface area contributed by atoms with Crippen molar-refractivity contribution in [1.29, 1.82) is 0 Å². The highest BCUT2D eigenvalue weighted by Gasteiger charge is 2.29. The minimum absolute atomic E-state index is 0.0747. The zero-order valence-corrected chi connectivity index (χ0v) is 17.2. The minimum atomic E-state index is -3.82. The quantitative estimate of drug-likeness (QED) is 0.788. The highest BCUT2D eigenvalue weighted by atomic mass is 32.2. The standard InChI is InChI=1S/C21H25N3O3S/c1-4-6-13-24-15(3)23-28(26,27)20-14-17(11-12-19(20)24)21(25)22-18-10-8-7-9-16(18)5-2/h7-12,14H,4-6,13H2,1-3H3,(H,22,25). The summed E-state index contributed by atoms with van der Waals surface area (Å²) in [4.78, 5) is 14.7. The molecule has 0 spiro atoms. The molecule has 28 heavy (non-hydrogen) atoms. The maximum Gasteiger partial charge on any atom is 0.286 e. The van der Waals surface area contributed by atoms with Crippen LogP contribution >= 0.6 is 0 Å². The van der Waals surface area contributed by atoms with Gasteiger partial charge in [0.15, 0.2) is 0 Å². The number of carbonyl (C=O) groups is 1. The lowest BCUT2D eigenvalue weighted by Gasteiger charge is -2.29. The van der Waals surface area contributed by atoms with Crippen LogP contribution in [0, 0.1) is 0 Å². The van der Waals surface area contributed by atoms with E-state index < -0.39 is 10.0 Å². The summed E-state index contributed by atoms with van der Waals surface area (Å²) in [7, 11) is -3.82. The number of fused-ring (bicyclic) bond motifs is 1. The highest BCUT2D eigenvalue weighted by Crippen LogP contribution is 2.33. The van der Waals surface area contributed by atoms with E-state index in [1.54, 1.807) is 19.1 Å². The fourth-order valence-electron chi connectivity index (χ4n) is 3.28. The lowest BCUT2D eigenvalue weighted by molar-refractivity contribution is 0.102. The molecule has 0 saturated carbocycles. The van der Waals surface area contributed by atoms with Crippen molar-refractivity contribution in [3.8, 4) is 0 Å². The van der Waals surface area contributed by atoms with E-state index in [9.17, 15) is 13.2 Å². The number of aryl methyl sites for hydroxylation is 1. The Morgan fingerprint density at radius 2 is 1.89 bits per heavy atom. The number of amidine groups is 1. The lowest BCUT2D eigenvalue weighted by Crippen LogP contribution is -2.34. The second-order valence-electron chi connectivity index (χ2n) is 6.77. The van der Waals surface area contributed by atoms with Crippen LogP contribution in [-0.2, 0) is 16.4 Å². The molecule has 0 fully saturated rings. The minimum Gasteiger partial charge on any atom is -0.328 e. The summed E-state index contributed by atoms with van der Waals surface area (Å²) < 4.78 is 29.1. The van der Waals surface area contributed by atoms with E-state index in [-0.39, 0.29) is 10.8 Å². The van der Waals surface area contributed by atoms with Gasteiger partial charge in [-0.15, -0.1) is 4.40 Å². The first-order chi connectivity index (χ1) is 13.4. The van der Waals surface area contributed by atoms with Crippen molar-refractivity contribution in [3.63, 3.8) is 0 Å². The molecular formula is C21H25N3O3S. The first-order valence-electron chi connectivity index (χ1n) is 9.49. The van der Waals surface area contributed by atoms with Crippen molar-refractivity contribution >= 4 is 33.1 Å². The van der Waals surface area contributed by atoms with E-state index >= 15 is 0 Å². The summed E-state index contributed by atoms with van der Waals surface area (Å²) in [5.41, 5.74) is 2.62. The molecule has 1 aliphatic heterocycles. The van der Waals surface area contributed by atoms with Gasteiger partial charge in [-0.3, -0.25) is 4.79 Å². The van der Waals surface area contributed by atoms with Crippen molar-refractivity contribution in [2.75, 3.05) is 16.8 Å². The molecule has 1 aliphatic rings. The van der Waals surface area contributed by atoms with Gasteiger partial charge in [0.2, 0.25) is 0 Å². The number of benzene rings is 2. The number of unbranched alkanes of at least 4 members (excludes halogenated alkanes) is 1. The fourth-order valence-corrected chi connectivity index (χ4v) is 4.54. The normalized spacial score (nSPS) is 15.0. The van der Waals surface area contributed by atoms with Crippen LogP contribution in [0.4, 0.5) is 11.4 Å². The van der Waals surface area contributed by atoms with Gasteiger partial charge in [0.1, 0.15) is 10.7 Å². The van der Waals surface area contributed by atoms with Crippen LogP contribution in [-0.4, -0.2) is 26.7 Å². The summed E-state index contributed by atoms with van der Waals surface area (Å²) in [6.45, 7) is 6.47. The zero-order chi connectivity index (χ0) is 20.3. The molecule has 0 unspecified atom stereocenters. The van der Waals surface area contributed by atoms with Crippen LogP contribution in [0.5, 0.6) is 0 Å². The Morgan fingerprint density at radius 3 is 2.61 bits per heavy atom. The molecule has 0 aliphatic carbocycles. The molecule has 1 N–H and O–H groups in total. The number of anilines is 2. The van der Waals surface area contributed by atoms with Gasteiger partial charge in [-0.25, -0.2) is 0 Å². The molecule has 0 atom stereocenters. The van der Waals surface area contributed by atoms with Gasteiger partial charge in [-0.2, -0.15) is 8.42 Å². The molecule has 3 rings (SSSR count). The average Bonchev–Trinajstić information content (AvgIpc) is 2.67. The molecule has 2 aromatic rings. The number of hydrogen-bond donors (Lipinski definition) is 1. The molecule has 7 heteroatoms. The van der Waals surface area contributed by atoms with E-state index in [0.29, 0.717) is 23.6 Å². The topological polar surface area (TPSA) is 78.8 Å². The number of para-hydroxylation sites is 1. The van der Waals surface area contributed by atoms with Crippen molar-refractivity contribution in [2.24, 2.45) is 4.40 Å². The molecule has 6 nitrogen and oxygen atoms in total. The number of hydrogen-bond acceptors (Lipinski definition) is 4. The van der Waals surface area contributed by atoms with Crippen LogP contribution in [0.15, 0.2) is 51.8 Å². The summed E-state index contributed by atoms with van der Waals surface area (Å²) in [6, 6.07) is 12.4. The maximum atomic E-state index is 12.7. The number of carbonyl (C=O) groups excluding carboxylic acids is 1. The molecule has 0 aromatic heterocycles. The maximum absolute atomic E-state index is 12.7. The van der Waals surface area contributed by atoms with E-state index in [1.807, 2.05) is 36.1 Å². The van der Waals surface area contributed by atoms with Crippen LogP contribution in [0.3, 0.4) is 0 Å². The Bertz CT molecular complexity index is 1030. The highest BCUT2D eigenvalue weighted by molar-refractivity contribution is 7.90. The Balaban J connectivity index is 1.95. The number of nitrogens with one attached hydrogen (secondary N) is 1. The first-order valence-corrected chi connectivity index (χ1v) is 10.9. The second-order valence-corrected chi connectivity index (χ2v) is 8.34. The van der Waals surface area contributed by atoms with Gasteiger partial charge < -0.3 is 10.2 Å². The monoisotopic (exact) mass is 399 g/mol. The van der Waals surface area contributed by atoms with Crippen LogP contribution < -0.4 is 10.2 Å². The smallest absolute Gasteiger partial charge is 0.286 e. The van der Waals surface area contributed by atoms with E-state index in [4.69, 9.17) is 0 Å². The first kappa shape index (κ1) is 20.1. The van der Waals surface area contributed by atoms with Crippen LogP contribution in [0.25, 0.3) is 0 Å². The van der Waals surface area contributed by atoms with E-state index in [2.05, 4.69) is 16.6 Å². The van der Waals surface area contributed by atoms with Gasteiger partial charge in [0.25, 0.3) is 15.9 Å². The Hall–Kier alpha value is -2.67. The van der Waals surface area contributed by atoms with Crippen molar-refractivity contribution in [2.45, 2.75) is 44.9 Å². The molecule has 0 bridgehead atoms. The number of nitrogens with zero attached hydrogens (tertiary/aromatic N) is 2. The summed E-state index contributed by atoms with van der Waals surface area (Å²) >= 11 is 0. The van der Waals surface area contributed by atoms with Crippen LogP contribution in [0.2, 0.25) is 0 Å². The molecule has 148 valence electrons. The summed E-state index contributed by atoms with van der Waals surface area (Å²) in [6.07, 6.45) is 2.70. The molecule has 1 heterocycles. The van der Waals surface area contributed by atoms with Gasteiger partial charge in [-0.1, -0.05) is 38.5 Å². The third-order valence-electron chi connectivity index (χ3n) is 4.82. The van der Waals surface area contributed by atoms with Gasteiger partial charge in [0.05, 0.1) is 5.69 Å². The van der Waals surface area contributed by atoms with E-state index in [0.717, 1.165) is 30.5 Å². The average molecular weight is 400 g/mol. The fraction of sp³-hybridized carbons (Fsp3) is 0.333. The molecular weight excluding hydrogens is 374 g/mol. The van der Waals surface area contributed by atoms with E-state index in [1.165, 1.54) is 6.07 Å². The van der Waals surface area contributed by atoms with Gasteiger partial charge >= 0.3 is 0 Å². The van der Waals surface area contributed by atoms with Gasteiger partial charge in [-0.05, 0) is 49.6 Å². The number of sulfonamides is 1. The molecule has 0 radical (unpaired) electrons. The lowest BCUT2D eigenvalue weighted by atomic mass is 10.1. The van der Waals surface area contributed by atoms with Crippen molar-refractivity contribution in [1.82, 2.24) is 0 Å². The summed E-state index contributed by atoms with van der Waals surface area (Å²) in [5, 5.41) is 2.88. The SMILES string of the molecule is CCCCN1C(C)=NS(=O)(=O)c2cc(C(=O)Nc3ccccc3CC)ccc21. The number of amides is 1. The van der Waals surface area contributed by atoms with Gasteiger partial charge in [0, 0.05) is 17.8 Å². The largest absolute Gasteiger partial charge is 0.328 e. The predicted octanol–water partition coefficient (Wildman–Crippen LogP) is 4.23. The zero-order valence-electron chi connectivity index (χ0n) is 16.4. The van der Waals surface area contributed by atoms with Crippen LogP contribution in [0.1, 0.15) is 49.5 Å². The molecule has 0 saturated heterocycles. The Kier molecular flexibility index (Phi) is 5.84. The van der Waals surface area contributed by atoms with Crippen molar-refractivity contribution < 1.29 is 13.2 Å². The predicted molar refractivity (Wildman–Crippen MR) is 113 cm³/mol. The second kappa shape index (κ2) is 8.14. The Labute approximate surface area is 166 Å². The molecule has 2 aromatic carbocycles. The summed E-state index contributed by atoms with van der Waals surface area (Å²) in [5.74, 6) is 0.111.